The minimum atomic E-state index is -0.547. The molecule has 3 rings (SSSR count). The van der Waals surface area contributed by atoms with Crippen molar-refractivity contribution in [2.24, 2.45) is 0 Å². The summed E-state index contributed by atoms with van der Waals surface area (Å²) in [6.45, 7) is 2.37. The third-order valence-electron chi connectivity index (χ3n) is 3.38. The minimum Gasteiger partial charge on any atom is -0.450 e. The van der Waals surface area contributed by atoms with Crippen LogP contribution < -0.4 is 10.6 Å². The number of nitrogens with zero attached hydrogens (tertiary/aromatic N) is 1. The molecule has 0 saturated heterocycles. The second kappa shape index (κ2) is 7.76. The Kier molecular flexibility index (Phi) is 5.25. The Morgan fingerprint density at radius 2 is 2.00 bits per heavy atom. The molecule has 0 aliphatic carbocycles. The first-order valence-electron chi connectivity index (χ1n) is 7.82. The normalized spacial score (nSPS) is 10.4. The Balaban J connectivity index is 1.63. The van der Waals surface area contributed by atoms with Crippen LogP contribution in [0, 0.1) is 0 Å². The molecular weight excluding hydrogens is 338 g/mol. The van der Waals surface area contributed by atoms with E-state index < -0.39 is 6.09 Å². The number of aromatic nitrogens is 1. The number of rotatable bonds is 5. The Morgan fingerprint density at radius 3 is 2.80 bits per heavy atom. The number of hydrogen-bond acceptors (Lipinski definition) is 5. The highest BCUT2D eigenvalue weighted by atomic mass is 32.1. The van der Waals surface area contributed by atoms with E-state index in [2.05, 4.69) is 15.6 Å². The van der Waals surface area contributed by atoms with Gasteiger partial charge in [0.1, 0.15) is 5.01 Å². The van der Waals surface area contributed by atoms with E-state index in [1.807, 2.05) is 24.3 Å². The number of carbonyl (C=O) groups is 2. The van der Waals surface area contributed by atoms with Gasteiger partial charge in [0.25, 0.3) is 5.91 Å². The number of anilines is 1. The van der Waals surface area contributed by atoms with E-state index in [9.17, 15) is 9.59 Å². The highest BCUT2D eigenvalue weighted by Crippen LogP contribution is 2.21. The molecule has 0 radical (unpaired) electrons. The largest absolute Gasteiger partial charge is 0.450 e. The molecule has 0 spiro atoms. The molecule has 2 N–H and O–H groups in total. The van der Waals surface area contributed by atoms with E-state index in [1.54, 1.807) is 42.5 Å². The fourth-order valence-corrected chi connectivity index (χ4v) is 3.18. The van der Waals surface area contributed by atoms with Crippen LogP contribution in [-0.4, -0.2) is 23.6 Å². The Labute approximate surface area is 148 Å². The van der Waals surface area contributed by atoms with Crippen molar-refractivity contribution in [1.82, 2.24) is 10.3 Å². The Bertz CT molecular complexity index is 874. The van der Waals surface area contributed by atoms with Gasteiger partial charge in [0.2, 0.25) is 0 Å². The molecule has 6 nitrogen and oxygen atoms in total. The Morgan fingerprint density at radius 1 is 1.16 bits per heavy atom. The Hall–Kier alpha value is -2.93. The molecule has 0 fully saturated rings. The van der Waals surface area contributed by atoms with Crippen LogP contribution in [-0.2, 0) is 11.3 Å². The molecule has 3 aromatic rings. The van der Waals surface area contributed by atoms with Crippen molar-refractivity contribution < 1.29 is 14.3 Å². The maximum Gasteiger partial charge on any atom is 0.411 e. The van der Waals surface area contributed by atoms with E-state index in [4.69, 9.17) is 4.74 Å². The summed E-state index contributed by atoms with van der Waals surface area (Å²) in [5, 5.41) is 6.27. The van der Waals surface area contributed by atoms with Crippen LogP contribution in [0.25, 0.3) is 10.2 Å². The zero-order chi connectivity index (χ0) is 17.6. The molecule has 1 heterocycles. The number of ether oxygens (including phenoxy) is 1. The zero-order valence-corrected chi connectivity index (χ0v) is 14.4. The molecule has 2 aromatic carbocycles. The summed E-state index contributed by atoms with van der Waals surface area (Å²) < 4.78 is 5.91. The van der Waals surface area contributed by atoms with Gasteiger partial charge in [0, 0.05) is 11.3 Å². The monoisotopic (exact) mass is 355 g/mol. The number of para-hydroxylation sites is 1. The predicted octanol–water partition coefficient (Wildman–Crippen LogP) is 3.79. The first kappa shape index (κ1) is 16.9. The second-order valence-electron chi connectivity index (χ2n) is 5.18. The van der Waals surface area contributed by atoms with E-state index >= 15 is 0 Å². The lowest BCUT2D eigenvalue weighted by atomic mass is 10.2. The molecule has 0 bridgehead atoms. The van der Waals surface area contributed by atoms with Crippen molar-refractivity contribution in [1.29, 1.82) is 0 Å². The van der Waals surface area contributed by atoms with Crippen LogP contribution in [0.2, 0.25) is 0 Å². The van der Waals surface area contributed by atoms with Crippen molar-refractivity contribution >= 4 is 39.2 Å². The smallest absolute Gasteiger partial charge is 0.411 e. The van der Waals surface area contributed by atoms with Gasteiger partial charge in [0.15, 0.2) is 0 Å². The molecule has 0 unspecified atom stereocenters. The quantitative estimate of drug-likeness (QED) is 0.729. The van der Waals surface area contributed by atoms with Crippen LogP contribution in [0.3, 0.4) is 0 Å². The summed E-state index contributed by atoms with van der Waals surface area (Å²) in [6.07, 6.45) is -0.547. The topological polar surface area (TPSA) is 80.3 Å². The summed E-state index contributed by atoms with van der Waals surface area (Å²) in [5.74, 6) is -0.230. The molecule has 7 heteroatoms. The number of fused-ring (bicyclic) bond motifs is 1. The first-order valence-corrected chi connectivity index (χ1v) is 8.64. The summed E-state index contributed by atoms with van der Waals surface area (Å²) in [6, 6.07) is 14.5. The molecule has 2 amide bonds. The fraction of sp³-hybridized carbons (Fsp3) is 0.167. The minimum absolute atomic E-state index is 0.230. The lowest BCUT2D eigenvalue weighted by Crippen LogP contribution is -2.23. The number of amides is 2. The van der Waals surface area contributed by atoms with Gasteiger partial charge in [-0.3, -0.25) is 10.1 Å². The maximum absolute atomic E-state index is 12.3. The molecule has 0 aliphatic rings. The SMILES string of the molecule is CCOC(=O)Nc1cccc(C(=O)NCc2nc3ccccc3s2)c1. The number of nitrogens with one attached hydrogen (secondary N) is 2. The van der Waals surface area contributed by atoms with Crippen LogP contribution in [0.4, 0.5) is 10.5 Å². The fourth-order valence-electron chi connectivity index (χ4n) is 2.28. The van der Waals surface area contributed by atoms with Gasteiger partial charge < -0.3 is 10.1 Å². The number of benzene rings is 2. The maximum atomic E-state index is 12.3. The molecular formula is C18H17N3O3S. The third kappa shape index (κ3) is 4.33. The van der Waals surface area contributed by atoms with E-state index in [0.29, 0.717) is 17.8 Å². The molecule has 0 atom stereocenters. The van der Waals surface area contributed by atoms with Crippen molar-refractivity contribution in [3.63, 3.8) is 0 Å². The van der Waals surface area contributed by atoms with E-state index in [-0.39, 0.29) is 12.5 Å². The van der Waals surface area contributed by atoms with E-state index in [1.165, 1.54) is 0 Å². The van der Waals surface area contributed by atoms with Crippen LogP contribution in [0.5, 0.6) is 0 Å². The van der Waals surface area contributed by atoms with Crippen molar-refractivity contribution in [2.75, 3.05) is 11.9 Å². The van der Waals surface area contributed by atoms with Crippen molar-refractivity contribution in [3.05, 3.63) is 59.1 Å². The van der Waals surface area contributed by atoms with E-state index in [0.717, 1.165) is 15.2 Å². The van der Waals surface area contributed by atoms with Gasteiger partial charge in [0.05, 0.1) is 23.4 Å². The predicted molar refractivity (Wildman–Crippen MR) is 97.9 cm³/mol. The number of thiazole rings is 1. The van der Waals surface area contributed by atoms with Crippen molar-refractivity contribution in [2.45, 2.75) is 13.5 Å². The summed E-state index contributed by atoms with van der Waals surface area (Å²) in [5.41, 5.74) is 1.89. The molecule has 1 aromatic heterocycles. The molecule has 128 valence electrons. The van der Waals surface area contributed by atoms with Gasteiger partial charge in [-0.25, -0.2) is 9.78 Å². The lowest BCUT2D eigenvalue weighted by Gasteiger charge is -2.07. The van der Waals surface area contributed by atoms with Gasteiger partial charge in [-0.1, -0.05) is 18.2 Å². The second-order valence-corrected chi connectivity index (χ2v) is 6.30. The summed E-state index contributed by atoms with van der Waals surface area (Å²) in [7, 11) is 0. The highest BCUT2D eigenvalue weighted by molar-refractivity contribution is 7.18. The molecule has 25 heavy (non-hydrogen) atoms. The lowest BCUT2D eigenvalue weighted by molar-refractivity contribution is 0.0950. The van der Waals surface area contributed by atoms with Gasteiger partial charge in [-0.2, -0.15) is 0 Å². The average molecular weight is 355 g/mol. The van der Waals surface area contributed by atoms with Crippen LogP contribution in [0.1, 0.15) is 22.3 Å². The van der Waals surface area contributed by atoms with Gasteiger partial charge in [-0.15, -0.1) is 11.3 Å². The average Bonchev–Trinajstić information content (AvgIpc) is 3.03. The van der Waals surface area contributed by atoms with Crippen molar-refractivity contribution in [3.8, 4) is 0 Å². The number of carbonyl (C=O) groups excluding carboxylic acids is 2. The van der Waals surface area contributed by atoms with Gasteiger partial charge >= 0.3 is 6.09 Å². The summed E-state index contributed by atoms with van der Waals surface area (Å²) >= 11 is 1.55. The van der Waals surface area contributed by atoms with Crippen LogP contribution >= 0.6 is 11.3 Å². The molecule has 0 aliphatic heterocycles. The third-order valence-corrected chi connectivity index (χ3v) is 4.42. The van der Waals surface area contributed by atoms with Crippen LogP contribution in [0.15, 0.2) is 48.5 Å². The number of hydrogen-bond donors (Lipinski definition) is 2. The highest BCUT2D eigenvalue weighted by Gasteiger charge is 2.10. The molecule has 0 saturated carbocycles. The summed E-state index contributed by atoms with van der Waals surface area (Å²) in [4.78, 5) is 28.3. The van der Waals surface area contributed by atoms with Gasteiger partial charge in [-0.05, 0) is 37.3 Å². The standard InChI is InChI=1S/C18H17N3O3S/c1-2-24-18(23)20-13-7-5-6-12(10-13)17(22)19-11-16-21-14-8-3-4-9-15(14)25-16/h3-10H,2,11H2,1H3,(H,19,22)(H,20,23). The first-order chi connectivity index (χ1) is 12.2. The zero-order valence-electron chi connectivity index (χ0n) is 13.6.